The van der Waals surface area contributed by atoms with E-state index in [0.717, 1.165) is 31.2 Å². The van der Waals surface area contributed by atoms with Crippen molar-refractivity contribution in [3.05, 3.63) is 30.0 Å². The monoisotopic (exact) mass is 448 g/mol. The molecular formula is C21H28N4O5S. The average molecular weight is 449 g/mol. The van der Waals surface area contributed by atoms with Gasteiger partial charge in [-0.3, -0.25) is 4.79 Å². The van der Waals surface area contributed by atoms with Gasteiger partial charge in [0.2, 0.25) is 15.9 Å². The lowest BCUT2D eigenvalue weighted by molar-refractivity contribution is -0.132. The summed E-state index contributed by atoms with van der Waals surface area (Å²) in [7, 11) is -3.39. The van der Waals surface area contributed by atoms with Crippen molar-refractivity contribution < 1.29 is 22.7 Å². The van der Waals surface area contributed by atoms with Gasteiger partial charge in [-0.1, -0.05) is 0 Å². The zero-order valence-corrected chi connectivity index (χ0v) is 18.2. The molecule has 31 heavy (non-hydrogen) atoms. The quantitative estimate of drug-likeness (QED) is 0.751. The molecule has 1 N–H and O–H groups in total. The number of carbonyl (C=O) groups is 1. The molecule has 1 atom stereocenters. The average Bonchev–Trinajstić information content (AvgIpc) is 3.63. The molecule has 2 bridgehead atoms. The van der Waals surface area contributed by atoms with Crippen LogP contribution in [-0.2, 0) is 19.6 Å². The van der Waals surface area contributed by atoms with E-state index in [0.29, 0.717) is 43.8 Å². The Labute approximate surface area is 182 Å². The van der Waals surface area contributed by atoms with E-state index >= 15 is 0 Å². The molecule has 5 aliphatic rings. The van der Waals surface area contributed by atoms with Crippen LogP contribution in [0.15, 0.2) is 24.5 Å². The van der Waals surface area contributed by atoms with Crippen molar-refractivity contribution in [2.75, 3.05) is 13.2 Å². The summed E-state index contributed by atoms with van der Waals surface area (Å²) in [6, 6.07) is -0.473. The molecular weight excluding hydrogens is 420 g/mol. The fourth-order valence-corrected chi connectivity index (χ4v) is 6.32. The third-order valence-corrected chi connectivity index (χ3v) is 8.61. The molecule has 1 unspecified atom stereocenters. The maximum absolute atomic E-state index is 13.1. The number of aromatic nitrogens is 2. The normalized spacial score (nSPS) is 31.0. The molecule has 0 radical (unpaired) electrons. The SMILES string of the molecule is O=C1COc2ncncc2C2CCC(CC2)O/C=C2/C(NS(=O)(=O)C3CC3)CCCN12. The Morgan fingerprint density at radius 2 is 1.90 bits per heavy atom. The molecule has 1 aromatic heterocycles. The minimum atomic E-state index is -3.39. The summed E-state index contributed by atoms with van der Waals surface area (Å²) >= 11 is 0. The van der Waals surface area contributed by atoms with Crippen molar-refractivity contribution in [3.63, 3.8) is 0 Å². The summed E-state index contributed by atoms with van der Waals surface area (Å²) in [6.45, 7) is 0.336. The molecule has 3 aliphatic heterocycles. The Morgan fingerprint density at radius 3 is 2.68 bits per heavy atom. The summed E-state index contributed by atoms with van der Waals surface area (Å²) in [5.74, 6) is 0.502. The lowest BCUT2D eigenvalue weighted by Crippen LogP contribution is -2.49. The minimum Gasteiger partial charge on any atom is -0.496 e. The van der Waals surface area contributed by atoms with Crippen LogP contribution < -0.4 is 9.46 Å². The number of hydrogen-bond acceptors (Lipinski definition) is 7. The number of rotatable bonds is 3. The first kappa shape index (κ1) is 20.7. The van der Waals surface area contributed by atoms with Gasteiger partial charge in [0.05, 0.1) is 23.1 Å². The van der Waals surface area contributed by atoms with E-state index in [-0.39, 0.29) is 29.8 Å². The highest BCUT2D eigenvalue weighted by molar-refractivity contribution is 7.90. The first-order chi connectivity index (χ1) is 15.0. The van der Waals surface area contributed by atoms with Gasteiger partial charge < -0.3 is 14.4 Å². The largest absolute Gasteiger partial charge is 0.496 e. The Balaban J connectivity index is 1.44. The third-order valence-electron chi connectivity index (χ3n) is 6.64. The maximum atomic E-state index is 13.1. The van der Waals surface area contributed by atoms with Gasteiger partial charge in [0.25, 0.3) is 5.91 Å². The van der Waals surface area contributed by atoms with E-state index in [1.165, 1.54) is 6.33 Å². The first-order valence-electron chi connectivity index (χ1n) is 11.1. The molecule has 2 aliphatic carbocycles. The lowest BCUT2D eigenvalue weighted by Gasteiger charge is -2.36. The number of carbonyl (C=O) groups excluding carboxylic acids is 1. The lowest BCUT2D eigenvalue weighted by atomic mass is 9.83. The molecule has 2 saturated carbocycles. The van der Waals surface area contributed by atoms with Crippen LogP contribution >= 0.6 is 0 Å². The number of hydrogen-bond donors (Lipinski definition) is 1. The van der Waals surface area contributed by atoms with Crippen molar-refractivity contribution >= 4 is 15.9 Å². The van der Waals surface area contributed by atoms with Crippen molar-refractivity contribution in [1.29, 1.82) is 0 Å². The fourth-order valence-electron chi connectivity index (χ4n) is 4.74. The predicted molar refractivity (Wildman–Crippen MR) is 112 cm³/mol. The van der Waals surface area contributed by atoms with Crippen molar-refractivity contribution in [3.8, 4) is 5.88 Å². The van der Waals surface area contributed by atoms with E-state index in [2.05, 4.69) is 14.7 Å². The Kier molecular flexibility index (Phi) is 5.60. The van der Waals surface area contributed by atoms with E-state index < -0.39 is 16.1 Å². The minimum absolute atomic E-state index is 0.0399. The fraction of sp³-hybridized carbons (Fsp3) is 0.667. The zero-order valence-electron chi connectivity index (χ0n) is 17.4. The van der Waals surface area contributed by atoms with Crippen molar-refractivity contribution in [2.45, 2.75) is 74.7 Å². The Morgan fingerprint density at radius 1 is 1.10 bits per heavy atom. The van der Waals surface area contributed by atoms with Gasteiger partial charge in [0.15, 0.2) is 6.61 Å². The molecule has 1 amide bonds. The molecule has 1 aromatic rings. The third kappa shape index (κ3) is 4.41. The zero-order chi connectivity index (χ0) is 21.4. The summed E-state index contributed by atoms with van der Waals surface area (Å²) in [6.07, 6.45) is 11.2. The van der Waals surface area contributed by atoms with Crippen LogP contribution in [0.1, 0.15) is 62.8 Å². The highest BCUT2D eigenvalue weighted by atomic mass is 32.2. The van der Waals surface area contributed by atoms with Crippen LogP contribution in [0.3, 0.4) is 0 Å². The second kappa shape index (κ2) is 8.38. The van der Waals surface area contributed by atoms with Gasteiger partial charge in [0, 0.05) is 18.3 Å². The number of nitrogens with zero attached hydrogens (tertiary/aromatic N) is 3. The second-order valence-corrected chi connectivity index (χ2v) is 10.8. The standard InChI is InChI=1S/C21H28N4O5S/c26-20-12-30-21-17(10-22-13-23-21)14-3-5-15(6-4-14)29-11-19-18(2-1-9-25(19)20)24-31(27,28)16-7-8-16/h10-11,13-16,18,24H,1-9,12H2/b19-11-. The topological polar surface area (TPSA) is 111 Å². The smallest absolute Gasteiger partial charge is 0.264 e. The van der Waals surface area contributed by atoms with Crippen LogP contribution in [0.2, 0.25) is 0 Å². The van der Waals surface area contributed by atoms with Crippen LogP contribution in [0.5, 0.6) is 5.88 Å². The van der Waals surface area contributed by atoms with Crippen molar-refractivity contribution in [1.82, 2.24) is 19.6 Å². The van der Waals surface area contributed by atoms with Crippen LogP contribution in [-0.4, -0.2) is 59.7 Å². The van der Waals surface area contributed by atoms with E-state index in [9.17, 15) is 13.2 Å². The highest BCUT2D eigenvalue weighted by Gasteiger charge is 2.40. The molecule has 6 rings (SSSR count). The van der Waals surface area contributed by atoms with Gasteiger partial charge in [-0.2, -0.15) is 0 Å². The number of amides is 1. The molecule has 0 aromatic carbocycles. The molecule has 3 fully saturated rings. The molecule has 4 heterocycles. The number of sulfonamides is 1. The Bertz CT molecular complexity index is 970. The summed E-state index contributed by atoms with van der Waals surface area (Å²) < 4.78 is 39.9. The van der Waals surface area contributed by atoms with E-state index in [1.54, 1.807) is 17.4 Å². The highest BCUT2D eigenvalue weighted by Crippen LogP contribution is 2.38. The first-order valence-corrected chi connectivity index (χ1v) is 12.7. The summed E-state index contributed by atoms with van der Waals surface area (Å²) in [5.41, 5.74) is 1.52. The number of ether oxygens (including phenoxy) is 2. The molecule has 9 nitrogen and oxygen atoms in total. The predicted octanol–water partition coefficient (Wildman–Crippen LogP) is 1.83. The van der Waals surface area contributed by atoms with Crippen LogP contribution in [0, 0.1) is 0 Å². The van der Waals surface area contributed by atoms with Crippen LogP contribution in [0.25, 0.3) is 0 Å². The maximum Gasteiger partial charge on any atom is 0.264 e. The summed E-state index contributed by atoms with van der Waals surface area (Å²) in [4.78, 5) is 23.1. The molecule has 1 saturated heterocycles. The number of piperidine rings is 1. The molecule has 10 heteroatoms. The van der Waals surface area contributed by atoms with E-state index in [4.69, 9.17) is 9.47 Å². The number of nitrogens with one attached hydrogen (secondary N) is 1. The van der Waals surface area contributed by atoms with Crippen LogP contribution in [0.4, 0.5) is 0 Å². The van der Waals surface area contributed by atoms with Crippen molar-refractivity contribution in [2.24, 2.45) is 0 Å². The van der Waals surface area contributed by atoms with Gasteiger partial charge in [-0.05, 0) is 57.3 Å². The second-order valence-electron chi connectivity index (χ2n) is 8.83. The van der Waals surface area contributed by atoms with Gasteiger partial charge in [0.1, 0.15) is 12.6 Å². The molecule has 0 spiro atoms. The van der Waals surface area contributed by atoms with Gasteiger partial charge in [-0.15, -0.1) is 0 Å². The number of fused-ring (bicyclic) bond motifs is 5. The Hall–Kier alpha value is -2.20. The molecule has 168 valence electrons. The summed E-state index contributed by atoms with van der Waals surface area (Å²) in [5, 5.41) is -0.315. The van der Waals surface area contributed by atoms with Gasteiger partial charge >= 0.3 is 0 Å². The van der Waals surface area contributed by atoms with E-state index in [1.807, 2.05) is 0 Å². The van der Waals surface area contributed by atoms with Gasteiger partial charge in [-0.25, -0.2) is 23.1 Å².